The lowest BCUT2D eigenvalue weighted by molar-refractivity contribution is 0.284. The van der Waals surface area contributed by atoms with Gasteiger partial charge in [-0.3, -0.25) is 0 Å². The molecule has 1 atom stereocenters. The number of ether oxygens (including phenoxy) is 1. The number of nitrogens with zero attached hydrogens (tertiary/aromatic N) is 3. The van der Waals surface area contributed by atoms with E-state index in [9.17, 15) is 0 Å². The summed E-state index contributed by atoms with van der Waals surface area (Å²) in [5.74, 6) is 1.86. The maximum Gasteiger partial charge on any atom is 0.322 e. The zero-order chi connectivity index (χ0) is 13.0. The lowest BCUT2D eigenvalue weighted by Crippen LogP contribution is -2.31. The van der Waals surface area contributed by atoms with Gasteiger partial charge in [-0.25, -0.2) is 0 Å². The number of nitrogens with one attached hydrogen (secondary N) is 2. The molecule has 1 fully saturated rings. The summed E-state index contributed by atoms with van der Waals surface area (Å²) in [6, 6.07) is 0.726. The molecule has 1 unspecified atom stereocenters. The SMILES string of the molecule is CCNc1nc(NC(C)C2CCC2)nc(OC)n1. The van der Waals surface area contributed by atoms with Gasteiger partial charge in [0.15, 0.2) is 0 Å². The normalized spacial score (nSPS) is 16.8. The van der Waals surface area contributed by atoms with Gasteiger partial charge in [-0.1, -0.05) is 6.42 Å². The molecule has 0 aromatic carbocycles. The molecular weight excluding hydrogens is 230 g/mol. The molecular formula is C12H21N5O. The molecule has 0 radical (unpaired) electrons. The second kappa shape index (κ2) is 5.84. The van der Waals surface area contributed by atoms with Gasteiger partial charge in [-0.15, -0.1) is 0 Å². The van der Waals surface area contributed by atoms with Crippen molar-refractivity contribution in [3.05, 3.63) is 0 Å². The van der Waals surface area contributed by atoms with Gasteiger partial charge in [0.1, 0.15) is 0 Å². The van der Waals surface area contributed by atoms with E-state index in [0.717, 1.165) is 12.5 Å². The largest absolute Gasteiger partial charge is 0.467 e. The van der Waals surface area contributed by atoms with Crippen LogP contribution in [0.2, 0.25) is 0 Å². The van der Waals surface area contributed by atoms with Crippen LogP contribution >= 0.6 is 0 Å². The Morgan fingerprint density at radius 3 is 2.56 bits per heavy atom. The van der Waals surface area contributed by atoms with Gasteiger partial charge in [0, 0.05) is 12.6 Å². The fourth-order valence-electron chi connectivity index (χ4n) is 2.01. The van der Waals surface area contributed by atoms with Gasteiger partial charge in [0.25, 0.3) is 0 Å². The summed E-state index contributed by atoms with van der Waals surface area (Å²) in [5.41, 5.74) is 0. The van der Waals surface area contributed by atoms with Crippen molar-refractivity contribution in [3.63, 3.8) is 0 Å². The quantitative estimate of drug-likeness (QED) is 0.804. The fourth-order valence-corrected chi connectivity index (χ4v) is 2.01. The molecule has 1 aliphatic rings. The molecule has 1 aromatic rings. The van der Waals surface area contributed by atoms with Gasteiger partial charge in [-0.2, -0.15) is 15.0 Å². The van der Waals surface area contributed by atoms with Crippen LogP contribution in [-0.4, -0.2) is 34.6 Å². The first-order valence-electron chi connectivity index (χ1n) is 6.53. The van der Waals surface area contributed by atoms with Crippen LogP contribution in [0.3, 0.4) is 0 Å². The molecule has 0 aliphatic heterocycles. The summed E-state index contributed by atoms with van der Waals surface area (Å²) >= 11 is 0. The van der Waals surface area contributed by atoms with Crippen molar-refractivity contribution < 1.29 is 4.74 Å². The molecule has 1 aromatic heterocycles. The predicted molar refractivity (Wildman–Crippen MR) is 71.0 cm³/mol. The van der Waals surface area contributed by atoms with Gasteiger partial charge >= 0.3 is 6.01 Å². The maximum atomic E-state index is 5.08. The smallest absolute Gasteiger partial charge is 0.322 e. The maximum absolute atomic E-state index is 5.08. The Hall–Kier alpha value is -1.59. The summed E-state index contributed by atoms with van der Waals surface area (Å²) < 4.78 is 5.08. The van der Waals surface area contributed by atoms with E-state index in [1.165, 1.54) is 19.3 Å². The molecule has 2 N–H and O–H groups in total. The molecule has 1 heterocycles. The lowest BCUT2D eigenvalue weighted by atomic mass is 9.80. The number of hydrogen-bond donors (Lipinski definition) is 2. The van der Waals surface area contributed by atoms with E-state index in [-0.39, 0.29) is 0 Å². The van der Waals surface area contributed by atoms with Crippen molar-refractivity contribution in [1.82, 2.24) is 15.0 Å². The van der Waals surface area contributed by atoms with Crippen LogP contribution in [0.15, 0.2) is 0 Å². The molecule has 0 amide bonds. The third-order valence-electron chi connectivity index (χ3n) is 3.35. The molecule has 1 aliphatic carbocycles. The number of rotatable bonds is 6. The topological polar surface area (TPSA) is 72.0 Å². The molecule has 100 valence electrons. The Morgan fingerprint density at radius 2 is 2.00 bits per heavy atom. The number of methoxy groups -OCH3 is 1. The van der Waals surface area contributed by atoms with Crippen molar-refractivity contribution >= 4 is 11.9 Å². The Labute approximate surface area is 108 Å². The number of anilines is 2. The van der Waals surface area contributed by atoms with Crippen molar-refractivity contribution in [1.29, 1.82) is 0 Å². The molecule has 1 saturated carbocycles. The average molecular weight is 251 g/mol. The molecule has 2 rings (SSSR count). The molecule has 0 bridgehead atoms. The van der Waals surface area contributed by atoms with Gasteiger partial charge in [-0.05, 0) is 32.6 Å². The standard InChI is InChI=1S/C12H21N5O/c1-4-13-10-15-11(17-12(16-10)18-3)14-8(2)9-6-5-7-9/h8-9H,4-7H2,1-3H3,(H2,13,14,15,16,17). The highest BCUT2D eigenvalue weighted by Crippen LogP contribution is 2.30. The Bertz CT molecular complexity index is 394. The van der Waals surface area contributed by atoms with E-state index in [2.05, 4.69) is 32.5 Å². The van der Waals surface area contributed by atoms with E-state index in [4.69, 9.17) is 4.74 Å². The van der Waals surface area contributed by atoms with Crippen molar-refractivity contribution in [2.75, 3.05) is 24.3 Å². The minimum absolute atomic E-state index is 0.337. The summed E-state index contributed by atoms with van der Waals surface area (Å²) in [6.45, 7) is 4.94. The van der Waals surface area contributed by atoms with Crippen LogP contribution in [-0.2, 0) is 0 Å². The first-order valence-corrected chi connectivity index (χ1v) is 6.53. The zero-order valence-electron chi connectivity index (χ0n) is 11.2. The fraction of sp³-hybridized carbons (Fsp3) is 0.750. The van der Waals surface area contributed by atoms with Crippen LogP contribution in [0.25, 0.3) is 0 Å². The Kier molecular flexibility index (Phi) is 4.17. The van der Waals surface area contributed by atoms with E-state index < -0.39 is 0 Å². The molecule has 6 heteroatoms. The molecule has 0 spiro atoms. The second-order valence-corrected chi connectivity index (χ2v) is 4.62. The molecule has 0 saturated heterocycles. The van der Waals surface area contributed by atoms with Crippen LogP contribution in [0.1, 0.15) is 33.1 Å². The highest BCUT2D eigenvalue weighted by Gasteiger charge is 2.24. The van der Waals surface area contributed by atoms with Gasteiger partial charge < -0.3 is 15.4 Å². The zero-order valence-corrected chi connectivity index (χ0v) is 11.2. The summed E-state index contributed by atoms with van der Waals surface area (Å²) in [6.07, 6.45) is 3.91. The van der Waals surface area contributed by atoms with E-state index in [1.807, 2.05) is 6.92 Å². The minimum atomic E-state index is 0.337. The first-order chi connectivity index (χ1) is 8.72. The van der Waals surface area contributed by atoms with Crippen molar-refractivity contribution in [2.24, 2.45) is 5.92 Å². The van der Waals surface area contributed by atoms with Crippen molar-refractivity contribution in [3.8, 4) is 6.01 Å². The van der Waals surface area contributed by atoms with E-state index >= 15 is 0 Å². The Morgan fingerprint density at radius 1 is 1.28 bits per heavy atom. The van der Waals surface area contributed by atoms with Gasteiger partial charge in [0.2, 0.25) is 11.9 Å². The highest BCUT2D eigenvalue weighted by atomic mass is 16.5. The van der Waals surface area contributed by atoms with Crippen LogP contribution in [0.4, 0.5) is 11.9 Å². The third kappa shape index (κ3) is 3.00. The predicted octanol–water partition coefficient (Wildman–Crippen LogP) is 1.91. The van der Waals surface area contributed by atoms with Crippen LogP contribution in [0, 0.1) is 5.92 Å². The minimum Gasteiger partial charge on any atom is -0.467 e. The highest BCUT2D eigenvalue weighted by molar-refractivity contribution is 5.36. The third-order valence-corrected chi connectivity index (χ3v) is 3.35. The van der Waals surface area contributed by atoms with Crippen molar-refractivity contribution in [2.45, 2.75) is 39.2 Å². The van der Waals surface area contributed by atoms with Gasteiger partial charge in [0.05, 0.1) is 7.11 Å². The summed E-state index contributed by atoms with van der Waals surface area (Å²) in [5, 5.41) is 6.41. The molecule has 18 heavy (non-hydrogen) atoms. The number of hydrogen-bond acceptors (Lipinski definition) is 6. The van der Waals surface area contributed by atoms with Crippen LogP contribution < -0.4 is 15.4 Å². The second-order valence-electron chi connectivity index (χ2n) is 4.62. The number of aromatic nitrogens is 3. The molecule has 6 nitrogen and oxygen atoms in total. The monoisotopic (exact) mass is 251 g/mol. The first kappa shape index (κ1) is 12.9. The van der Waals surface area contributed by atoms with E-state index in [0.29, 0.717) is 23.9 Å². The van der Waals surface area contributed by atoms with E-state index in [1.54, 1.807) is 7.11 Å². The van der Waals surface area contributed by atoms with Crippen LogP contribution in [0.5, 0.6) is 6.01 Å². The lowest BCUT2D eigenvalue weighted by Gasteiger charge is -2.31. The summed E-state index contributed by atoms with van der Waals surface area (Å²) in [4.78, 5) is 12.7. The summed E-state index contributed by atoms with van der Waals surface area (Å²) in [7, 11) is 1.56. The average Bonchev–Trinajstić information content (AvgIpc) is 2.26. The Balaban J connectivity index is 2.07.